The number of halogens is 1. The number of allylic oxidation sites excluding steroid dienone is 1. The monoisotopic (exact) mass is 332 g/mol. The molecule has 0 heterocycles. The maximum atomic E-state index is 10.8. The molecule has 2 amide bonds. The van der Waals surface area contributed by atoms with E-state index in [1.807, 2.05) is 0 Å². The average Bonchev–Trinajstić information content (AvgIpc) is 2.45. The Morgan fingerprint density at radius 1 is 1.05 bits per heavy atom. The Labute approximate surface area is 122 Å². The lowest BCUT2D eigenvalue weighted by molar-refractivity contribution is -0.118. The van der Waals surface area contributed by atoms with Gasteiger partial charge in [-0.2, -0.15) is 0 Å². The van der Waals surface area contributed by atoms with Crippen molar-refractivity contribution < 1.29 is 14.4 Å². The molecule has 0 atom stereocenters. The lowest BCUT2D eigenvalue weighted by Gasteiger charge is -2.03. The van der Waals surface area contributed by atoms with Crippen molar-refractivity contribution in [3.8, 4) is 0 Å². The summed E-state index contributed by atoms with van der Waals surface area (Å²) in [6.07, 6.45) is 5.93. The van der Waals surface area contributed by atoms with Gasteiger partial charge in [0.25, 0.3) is 0 Å². The summed E-state index contributed by atoms with van der Waals surface area (Å²) >= 11 is 3.06. The van der Waals surface area contributed by atoms with E-state index < -0.39 is 0 Å². The number of unbranched alkanes of at least 4 members (excludes halogenated alkanes) is 2. The van der Waals surface area contributed by atoms with Crippen molar-refractivity contribution >= 4 is 34.0 Å². The second kappa shape index (κ2) is 16.6. The van der Waals surface area contributed by atoms with Crippen LogP contribution in [0.2, 0.25) is 0 Å². The highest BCUT2D eigenvalue weighted by Crippen LogP contribution is 1.92. The summed E-state index contributed by atoms with van der Waals surface area (Å²) in [5.74, 6) is -0.127. The summed E-state index contributed by atoms with van der Waals surface area (Å²) in [5.41, 5.74) is 0. The zero-order valence-electron chi connectivity index (χ0n) is 11.0. The first-order valence-corrected chi connectivity index (χ1v) is 7.03. The first-order valence-electron chi connectivity index (χ1n) is 5.91. The fraction of sp³-hybridized carbons (Fsp3) is 0.462. The predicted molar refractivity (Wildman–Crippen MR) is 80.1 cm³/mol. The second-order valence-electron chi connectivity index (χ2n) is 3.41. The van der Waals surface area contributed by atoms with Gasteiger partial charge in [0, 0.05) is 13.1 Å². The molecule has 0 aromatic carbocycles. The number of nitrogens with one attached hydrogen (secondary N) is 2. The molecular formula is C13H21BrN2O3. The van der Waals surface area contributed by atoms with E-state index in [1.165, 1.54) is 12.2 Å². The maximum Gasteiger partial charge on any atom is 0.243 e. The molecule has 0 rings (SSSR count). The van der Waals surface area contributed by atoms with E-state index in [2.05, 4.69) is 39.7 Å². The van der Waals surface area contributed by atoms with Crippen LogP contribution in [0.15, 0.2) is 25.3 Å². The number of alkyl halides is 1. The van der Waals surface area contributed by atoms with Crippen molar-refractivity contribution in [3.63, 3.8) is 0 Å². The lowest BCUT2D eigenvalue weighted by Crippen LogP contribution is -2.25. The van der Waals surface area contributed by atoms with E-state index in [0.717, 1.165) is 19.3 Å². The van der Waals surface area contributed by atoms with E-state index in [4.69, 9.17) is 4.79 Å². The van der Waals surface area contributed by atoms with Crippen molar-refractivity contribution in [2.75, 3.05) is 18.4 Å². The van der Waals surface area contributed by atoms with Crippen LogP contribution < -0.4 is 10.6 Å². The lowest BCUT2D eigenvalue weighted by atomic mass is 10.2. The number of hydrogen-bond donors (Lipinski definition) is 2. The third kappa shape index (κ3) is 19.1. The number of rotatable bonds is 9. The van der Waals surface area contributed by atoms with Gasteiger partial charge in [0.15, 0.2) is 0 Å². The molecule has 0 saturated carbocycles. The summed E-state index contributed by atoms with van der Waals surface area (Å²) in [5, 5.41) is 5.79. The highest BCUT2D eigenvalue weighted by atomic mass is 79.9. The van der Waals surface area contributed by atoms with E-state index in [-0.39, 0.29) is 11.8 Å². The summed E-state index contributed by atoms with van der Waals surface area (Å²) in [6, 6.07) is 0. The fourth-order valence-corrected chi connectivity index (χ4v) is 1.18. The predicted octanol–water partition coefficient (Wildman–Crippen LogP) is 1.34. The Bertz CT molecular complexity index is 288. The van der Waals surface area contributed by atoms with Gasteiger partial charge in [-0.25, -0.2) is 0 Å². The van der Waals surface area contributed by atoms with Gasteiger partial charge >= 0.3 is 0 Å². The summed E-state index contributed by atoms with van der Waals surface area (Å²) in [4.78, 5) is 30.6. The van der Waals surface area contributed by atoms with Crippen molar-refractivity contribution in [2.24, 2.45) is 0 Å². The summed E-state index contributed by atoms with van der Waals surface area (Å²) in [7, 11) is 0. The Balaban J connectivity index is 0. The van der Waals surface area contributed by atoms with E-state index in [9.17, 15) is 9.59 Å². The first-order chi connectivity index (χ1) is 9.12. The molecule has 19 heavy (non-hydrogen) atoms. The van der Waals surface area contributed by atoms with Crippen molar-refractivity contribution in [2.45, 2.75) is 19.3 Å². The van der Waals surface area contributed by atoms with Crippen molar-refractivity contribution in [3.05, 3.63) is 25.3 Å². The Morgan fingerprint density at radius 2 is 1.58 bits per heavy atom. The van der Waals surface area contributed by atoms with E-state index >= 15 is 0 Å². The number of amides is 2. The Kier molecular flexibility index (Phi) is 17.4. The van der Waals surface area contributed by atoms with E-state index in [0.29, 0.717) is 24.7 Å². The number of aldehydes is 1. The van der Waals surface area contributed by atoms with Gasteiger partial charge in [-0.3, -0.25) is 14.4 Å². The van der Waals surface area contributed by atoms with Gasteiger partial charge in [-0.05, 0) is 31.4 Å². The van der Waals surface area contributed by atoms with Crippen LogP contribution in [0, 0.1) is 0 Å². The molecule has 0 aromatic rings. The molecule has 0 aliphatic carbocycles. The van der Waals surface area contributed by atoms with Crippen molar-refractivity contribution in [1.29, 1.82) is 0 Å². The minimum atomic E-state index is -0.136. The molecule has 0 fully saturated rings. The standard InChI is InChI=1S/C10H17BrN2O2.C3H4O/c1-2-9(14)12-6-4-3-5-7-13-10(15)8-11;1-2-3-4/h2H,1,3-8H2,(H,12,14)(H,13,15);2-3H,1H2. The number of carbonyl (C=O) groups excluding carboxylic acids is 3. The topological polar surface area (TPSA) is 75.3 Å². The van der Waals surface area contributed by atoms with Gasteiger partial charge < -0.3 is 10.6 Å². The van der Waals surface area contributed by atoms with Crippen LogP contribution in [0.1, 0.15) is 19.3 Å². The molecule has 0 unspecified atom stereocenters. The quantitative estimate of drug-likeness (QED) is 0.289. The molecular weight excluding hydrogens is 312 g/mol. The van der Waals surface area contributed by atoms with Crippen LogP contribution in [0.3, 0.4) is 0 Å². The molecule has 0 spiro atoms. The smallest absolute Gasteiger partial charge is 0.243 e. The SMILES string of the molecule is C=CC(=O)NCCCCCNC(=O)CBr.C=CC=O. The molecule has 6 heteroatoms. The minimum Gasteiger partial charge on any atom is -0.355 e. The van der Waals surface area contributed by atoms with Gasteiger partial charge in [0.1, 0.15) is 6.29 Å². The molecule has 0 saturated heterocycles. The zero-order valence-corrected chi connectivity index (χ0v) is 12.6. The van der Waals surface area contributed by atoms with Crippen LogP contribution in [0.25, 0.3) is 0 Å². The van der Waals surface area contributed by atoms with Crippen molar-refractivity contribution in [1.82, 2.24) is 10.6 Å². The molecule has 108 valence electrons. The van der Waals surface area contributed by atoms with Gasteiger partial charge in [-0.1, -0.05) is 29.1 Å². The normalized spacial score (nSPS) is 8.47. The third-order valence-corrected chi connectivity index (χ3v) is 2.39. The fourth-order valence-electron chi connectivity index (χ4n) is 0.986. The molecule has 0 aliphatic heterocycles. The second-order valence-corrected chi connectivity index (χ2v) is 3.97. The van der Waals surface area contributed by atoms with Gasteiger partial charge in [0.2, 0.25) is 11.8 Å². The Morgan fingerprint density at radius 3 is 2.00 bits per heavy atom. The molecule has 0 bridgehead atoms. The van der Waals surface area contributed by atoms with Gasteiger partial charge in [0.05, 0.1) is 5.33 Å². The molecule has 2 N–H and O–H groups in total. The Hall–Kier alpha value is -1.43. The molecule has 0 radical (unpaired) electrons. The molecule has 5 nitrogen and oxygen atoms in total. The van der Waals surface area contributed by atoms with Crippen LogP contribution >= 0.6 is 15.9 Å². The summed E-state index contributed by atoms with van der Waals surface area (Å²) < 4.78 is 0. The number of carbonyl (C=O) groups is 3. The van der Waals surface area contributed by atoms with Crippen LogP contribution in [-0.4, -0.2) is 36.5 Å². The average molecular weight is 333 g/mol. The highest BCUT2D eigenvalue weighted by Gasteiger charge is 1.96. The van der Waals surface area contributed by atoms with E-state index in [1.54, 1.807) is 0 Å². The molecule has 0 aromatic heterocycles. The third-order valence-electron chi connectivity index (χ3n) is 1.88. The minimum absolute atomic E-state index is 0.00922. The molecule has 0 aliphatic rings. The first kappa shape index (κ1) is 19.9. The van der Waals surface area contributed by atoms with Gasteiger partial charge in [-0.15, -0.1) is 0 Å². The van der Waals surface area contributed by atoms with Crippen LogP contribution in [0.5, 0.6) is 0 Å². The zero-order chi connectivity index (χ0) is 14.9. The summed E-state index contributed by atoms with van der Waals surface area (Å²) in [6.45, 7) is 7.82. The number of hydrogen-bond acceptors (Lipinski definition) is 3. The largest absolute Gasteiger partial charge is 0.355 e. The van der Waals surface area contributed by atoms with Crippen LogP contribution in [0.4, 0.5) is 0 Å². The van der Waals surface area contributed by atoms with Crippen LogP contribution in [-0.2, 0) is 14.4 Å². The maximum absolute atomic E-state index is 10.8. The highest BCUT2D eigenvalue weighted by molar-refractivity contribution is 9.09.